The van der Waals surface area contributed by atoms with Crippen LogP contribution in [0.1, 0.15) is 24.2 Å². The van der Waals surface area contributed by atoms with Gasteiger partial charge in [-0.3, -0.25) is 4.68 Å². The molecule has 0 amide bonds. The van der Waals surface area contributed by atoms with E-state index in [9.17, 15) is 0 Å². The predicted octanol–water partition coefficient (Wildman–Crippen LogP) is 1.65. The Morgan fingerprint density at radius 3 is 3.00 bits per heavy atom. The van der Waals surface area contributed by atoms with E-state index in [0.29, 0.717) is 6.10 Å². The number of halogens is 1. The van der Waals surface area contributed by atoms with Gasteiger partial charge >= 0.3 is 0 Å². The summed E-state index contributed by atoms with van der Waals surface area (Å²) in [7, 11) is 1.92. The van der Waals surface area contributed by atoms with Crippen molar-refractivity contribution in [3.8, 4) is 0 Å². The molecule has 0 bridgehead atoms. The molecule has 1 saturated heterocycles. The number of nitrogens with one attached hydrogen (secondary N) is 1. The molecule has 0 spiro atoms. The van der Waals surface area contributed by atoms with Crippen molar-refractivity contribution in [2.24, 2.45) is 7.05 Å². The molecule has 1 unspecified atom stereocenters. The van der Waals surface area contributed by atoms with Crippen LogP contribution < -0.4 is 5.32 Å². The molecule has 0 radical (unpaired) electrons. The van der Waals surface area contributed by atoms with E-state index in [1.165, 1.54) is 6.42 Å². The van der Waals surface area contributed by atoms with Gasteiger partial charge in [0.1, 0.15) is 0 Å². The van der Waals surface area contributed by atoms with Gasteiger partial charge in [0.05, 0.1) is 22.5 Å². The van der Waals surface area contributed by atoms with Gasteiger partial charge in [0.15, 0.2) is 0 Å². The van der Waals surface area contributed by atoms with Crippen LogP contribution in [-0.2, 0) is 18.3 Å². The van der Waals surface area contributed by atoms with Crippen molar-refractivity contribution >= 4 is 11.6 Å². The van der Waals surface area contributed by atoms with E-state index in [0.717, 1.165) is 42.5 Å². The molecule has 16 heavy (non-hydrogen) atoms. The Balaban J connectivity index is 1.84. The number of hydrogen-bond donors (Lipinski definition) is 1. The van der Waals surface area contributed by atoms with Gasteiger partial charge < -0.3 is 10.1 Å². The predicted molar refractivity (Wildman–Crippen MR) is 63.6 cm³/mol. The second-order valence-electron chi connectivity index (χ2n) is 4.24. The largest absolute Gasteiger partial charge is 0.377 e. The van der Waals surface area contributed by atoms with E-state index in [2.05, 4.69) is 10.4 Å². The summed E-state index contributed by atoms with van der Waals surface area (Å²) in [6, 6.07) is 0. The molecule has 0 aliphatic carbocycles. The zero-order chi connectivity index (χ0) is 11.5. The Bertz CT molecular complexity index is 358. The fraction of sp³-hybridized carbons (Fsp3) is 0.727. The highest BCUT2D eigenvalue weighted by molar-refractivity contribution is 6.31. The van der Waals surface area contributed by atoms with Crippen LogP contribution in [0.25, 0.3) is 0 Å². The number of nitrogens with zero attached hydrogens (tertiary/aromatic N) is 2. The standard InChI is InChI=1S/C11H18ClN3O/c1-8-11(12)10(15(2)14-8)7-13-6-9-4-3-5-16-9/h9,13H,3-7H2,1-2H3. The normalized spacial score (nSPS) is 20.6. The van der Waals surface area contributed by atoms with E-state index in [-0.39, 0.29) is 0 Å². The highest BCUT2D eigenvalue weighted by atomic mass is 35.5. The van der Waals surface area contributed by atoms with Crippen molar-refractivity contribution < 1.29 is 4.74 Å². The molecule has 1 N–H and O–H groups in total. The first-order valence-electron chi connectivity index (χ1n) is 5.68. The molecule has 1 aliphatic rings. The lowest BCUT2D eigenvalue weighted by atomic mass is 10.2. The zero-order valence-electron chi connectivity index (χ0n) is 9.79. The third-order valence-corrected chi connectivity index (χ3v) is 3.44. The molecular formula is C11H18ClN3O. The Kier molecular flexibility index (Phi) is 3.84. The maximum absolute atomic E-state index is 6.15. The highest BCUT2D eigenvalue weighted by Gasteiger charge is 2.16. The van der Waals surface area contributed by atoms with Crippen LogP contribution in [0, 0.1) is 6.92 Å². The summed E-state index contributed by atoms with van der Waals surface area (Å²) in [5.41, 5.74) is 1.93. The number of rotatable bonds is 4. The summed E-state index contributed by atoms with van der Waals surface area (Å²) >= 11 is 6.15. The Morgan fingerprint density at radius 2 is 2.44 bits per heavy atom. The Labute approximate surface area is 101 Å². The van der Waals surface area contributed by atoms with E-state index in [4.69, 9.17) is 16.3 Å². The summed E-state index contributed by atoms with van der Waals surface area (Å²) in [6.45, 7) is 4.46. The highest BCUT2D eigenvalue weighted by Crippen LogP contribution is 2.19. The van der Waals surface area contributed by atoms with E-state index in [1.54, 1.807) is 0 Å². The van der Waals surface area contributed by atoms with Crippen molar-refractivity contribution in [2.75, 3.05) is 13.2 Å². The SMILES string of the molecule is Cc1nn(C)c(CNCC2CCCO2)c1Cl. The summed E-state index contributed by atoms with van der Waals surface area (Å²) < 4.78 is 7.37. The molecule has 1 aromatic heterocycles. The summed E-state index contributed by atoms with van der Waals surface area (Å²) in [5.74, 6) is 0. The van der Waals surface area contributed by atoms with Crippen molar-refractivity contribution in [1.29, 1.82) is 0 Å². The smallest absolute Gasteiger partial charge is 0.0860 e. The fourth-order valence-corrected chi connectivity index (χ4v) is 2.26. The number of hydrogen-bond acceptors (Lipinski definition) is 3. The maximum Gasteiger partial charge on any atom is 0.0860 e. The minimum absolute atomic E-state index is 0.369. The maximum atomic E-state index is 6.15. The third kappa shape index (κ3) is 2.56. The molecule has 0 aromatic carbocycles. The van der Waals surface area contributed by atoms with E-state index >= 15 is 0 Å². The molecule has 1 aliphatic heterocycles. The summed E-state index contributed by atoms with van der Waals surface area (Å²) in [4.78, 5) is 0. The molecule has 5 heteroatoms. The molecule has 2 rings (SSSR count). The average Bonchev–Trinajstić information content (AvgIpc) is 2.82. The van der Waals surface area contributed by atoms with Gasteiger partial charge in [0.25, 0.3) is 0 Å². The van der Waals surface area contributed by atoms with Gasteiger partial charge in [0.2, 0.25) is 0 Å². The lowest BCUT2D eigenvalue weighted by molar-refractivity contribution is 0.110. The van der Waals surface area contributed by atoms with Gasteiger partial charge in [-0.1, -0.05) is 11.6 Å². The van der Waals surface area contributed by atoms with Gasteiger partial charge in [-0.2, -0.15) is 5.10 Å². The number of aromatic nitrogens is 2. The van der Waals surface area contributed by atoms with Crippen molar-refractivity contribution in [2.45, 2.75) is 32.4 Å². The van der Waals surface area contributed by atoms with Gasteiger partial charge in [-0.05, 0) is 19.8 Å². The van der Waals surface area contributed by atoms with Gasteiger partial charge in [-0.15, -0.1) is 0 Å². The van der Waals surface area contributed by atoms with Crippen LogP contribution >= 0.6 is 11.6 Å². The van der Waals surface area contributed by atoms with Crippen LogP contribution in [0.5, 0.6) is 0 Å². The molecule has 1 aromatic rings. The first-order chi connectivity index (χ1) is 7.68. The molecule has 1 fully saturated rings. The van der Waals surface area contributed by atoms with Crippen LogP contribution in [0.3, 0.4) is 0 Å². The average molecular weight is 244 g/mol. The minimum Gasteiger partial charge on any atom is -0.377 e. The van der Waals surface area contributed by atoms with Crippen molar-refractivity contribution in [3.05, 3.63) is 16.4 Å². The number of ether oxygens (including phenoxy) is 1. The van der Waals surface area contributed by atoms with Gasteiger partial charge in [-0.25, -0.2) is 0 Å². The minimum atomic E-state index is 0.369. The Morgan fingerprint density at radius 1 is 1.62 bits per heavy atom. The molecular weight excluding hydrogens is 226 g/mol. The molecule has 2 heterocycles. The Hall–Kier alpha value is -0.580. The van der Waals surface area contributed by atoms with E-state index < -0.39 is 0 Å². The van der Waals surface area contributed by atoms with Crippen LogP contribution in [-0.4, -0.2) is 29.0 Å². The lowest BCUT2D eigenvalue weighted by Gasteiger charge is -2.10. The van der Waals surface area contributed by atoms with Crippen molar-refractivity contribution in [1.82, 2.24) is 15.1 Å². The zero-order valence-corrected chi connectivity index (χ0v) is 10.5. The second-order valence-corrected chi connectivity index (χ2v) is 4.61. The van der Waals surface area contributed by atoms with Crippen LogP contribution in [0.15, 0.2) is 0 Å². The van der Waals surface area contributed by atoms with Crippen LogP contribution in [0.2, 0.25) is 5.02 Å². The molecule has 0 saturated carbocycles. The third-order valence-electron chi connectivity index (χ3n) is 2.95. The first-order valence-corrected chi connectivity index (χ1v) is 6.06. The quantitative estimate of drug-likeness (QED) is 0.874. The molecule has 90 valence electrons. The monoisotopic (exact) mass is 243 g/mol. The van der Waals surface area contributed by atoms with E-state index in [1.807, 2.05) is 18.7 Å². The second kappa shape index (κ2) is 5.17. The van der Waals surface area contributed by atoms with Crippen LogP contribution in [0.4, 0.5) is 0 Å². The molecule has 1 atom stereocenters. The lowest BCUT2D eigenvalue weighted by Crippen LogP contribution is -2.26. The van der Waals surface area contributed by atoms with Gasteiger partial charge in [0, 0.05) is 26.7 Å². The summed E-state index contributed by atoms with van der Waals surface area (Å²) in [5, 5.41) is 8.41. The topological polar surface area (TPSA) is 39.1 Å². The fourth-order valence-electron chi connectivity index (χ4n) is 2.03. The van der Waals surface area contributed by atoms with Crippen molar-refractivity contribution in [3.63, 3.8) is 0 Å². The molecule has 4 nitrogen and oxygen atoms in total. The number of aryl methyl sites for hydroxylation is 2. The summed E-state index contributed by atoms with van der Waals surface area (Å²) in [6.07, 6.45) is 2.70. The first kappa shape index (κ1) is 11.9.